The summed E-state index contributed by atoms with van der Waals surface area (Å²) in [6.45, 7) is 1.22. The molecule has 0 fully saturated rings. The van der Waals surface area contributed by atoms with Crippen molar-refractivity contribution < 1.29 is 4.74 Å². The van der Waals surface area contributed by atoms with Crippen molar-refractivity contribution >= 4 is 17.7 Å². The molecule has 0 bridgehead atoms. The molecular formula is C16H15ClO. The SMILES string of the molecule is Clc1ccccc1C=CCOCc1ccccc1. The molecule has 2 heteroatoms. The van der Waals surface area contributed by atoms with Crippen molar-refractivity contribution in [1.29, 1.82) is 0 Å². The molecule has 0 spiro atoms. The number of halogens is 1. The van der Waals surface area contributed by atoms with Crippen molar-refractivity contribution in [2.45, 2.75) is 6.61 Å². The summed E-state index contributed by atoms with van der Waals surface area (Å²) in [6, 6.07) is 17.9. The minimum atomic E-state index is 0.583. The molecular weight excluding hydrogens is 244 g/mol. The van der Waals surface area contributed by atoms with Gasteiger partial charge in [0, 0.05) is 5.02 Å². The van der Waals surface area contributed by atoms with E-state index in [9.17, 15) is 0 Å². The summed E-state index contributed by atoms with van der Waals surface area (Å²) in [4.78, 5) is 0. The molecule has 0 N–H and O–H groups in total. The lowest BCUT2D eigenvalue weighted by Crippen LogP contribution is -1.92. The van der Waals surface area contributed by atoms with E-state index in [0.29, 0.717) is 13.2 Å². The van der Waals surface area contributed by atoms with Crippen LogP contribution in [0.15, 0.2) is 60.7 Å². The third-order valence-corrected chi connectivity index (χ3v) is 2.87. The molecule has 0 heterocycles. The van der Waals surface area contributed by atoms with Crippen molar-refractivity contribution in [3.8, 4) is 0 Å². The van der Waals surface area contributed by atoms with E-state index in [1.165, 1.54) is 5.56 Å². The molecule has 0 atom stereocenters. The lowest BCUT2D eigenvalue weighted by atomic mass is 10.2. The van der Waals surface area contributed by atoms with Gasteiger partial charge in [-0.25, -0.2) is 0 Å². The summed E-state index contributed by atoms with van der Waals surface area (Å²) >= 11 is 6.04. The average molecular weight is 259 g/mol. The predicted molar refractivity (Wildman–Crippen MR) is 76.6 cm³/mol. The van der Waals surface area contributed by atoms with E-state index in [2.05, 4.69) is 12.1 Å². The lowest BCUT2D eigenvalue weighted by Gasteiger charge is -2.01. The molecule has 0 saturated heterocycles. The van der Waals surface area contributed by atoms with E-state index in [1.54, 1.807) is 0 Å². The van der Waals surface area contributed by atoms with Crippen molar-refractivity contribution in [3.05, 3.63) is 76.8 Å². The maximum atomic E-state index is 6.04. The first-order valence-electron chi connectivity index (χ1n) is 5.89. The zero-order valence-corrected chi connectivity index (χ0v) is 10.8. The summed E-state index contributed by atoms with van der Waals surface area (Å²) < 4.78 is 5.55. The van der Waals surface area contributed by atoms with E-state index >= 15 is 0 Å². The Hall–Kier alpha value is -1.57. The fourth-order valence-corrected chi connectivity index (χ4v) is 1.80. The zero-order valence-electron chi connectivity index (χ0n) is 10.1. The second kappa shape index (κ2) is 7.00. The molecule has 2 aromatic rings. The number of hydrogen-bond acceptors (Lipinski definition) is 1. The third-order valence-electron chi connectivity index (χ3n) is 2.53. The van der Waals surface area contributed by atoms with Gasteiger partial charge in [0.05, 0.1) is 13.2 Å². The Morgan fingerprint density at radius 3 is 2.44 bits per heavy atom. The van der Waals surface area contributed by atoms with Gasteiger partial charge in [-0.3, -0.25) is 0 Å². The molecule has 0 aliphatic carbocycles. The molecule has 2 rings (SSSR count). The molecule has 0 aliphatic heterocycles. The molecule has 0 aliphatic rings. The Morgan fingerprint density at radius 1 is 0.944 bits per heavy atom. The van der Waals surface area contributed by atoms with Gasteiger partial charge in [-0.2, -0.15) is 0 Å². The van der Waals surface area contributed by atoms with Gasteiger partial charge in [0.25, 0.3) is 0 Å². The topological polar surface area (TPSA) is 9.23 Å². The Balaban J connectivity index is 1.77. The van der Waals surface area contributed by atoms with E-state index in [-0.39, 0.29) is 0 Å². The summed E-state index contributed by atoms with van der Waals surface area (Å²) in [7, 11) is 0. The highest BCUT2D eigenvalue weighted by atomic mass is 35.5. The van der Waals surface area contributed by atoms with Crippen LogP contribution in [0.5, 0.6) is 0 Å². The summed E-state index contributed by atoms with van der Waals surface area (Å²) in [5, 5.41) is 0.761. The molecule has 0 aromatic heterocycles. The van der Waals surface area contributed by atoms with E-state index < -0.39 is 0 Å². The molecule has 1 nitrogen and oxygen atoms in total. The van der Waals surface area contributed by atoms with Crippen LogP contribution in [0.25, 0.3) is 6.08 Å². The lowest BCUT2D eigenvalue weighted by molar-refractivity contribution is 0.149. The van der Waals surface area contributed by atoms with E-state index in [1.807, 2.05) is 54.6 Å². The van der Waals surface area contributed by atoms with Gasteiger partial charge in [-0.15, -0.1) is 0 Å². The first kappa shape index (κ1) is 12.9. The number of hydrogen-bond donors (Lipinski definition) is 0. The molecule has 18 heavy (non-hydrogen) atoms. The minimum Gasteiger partial charge on any atom is -0.373 e. The summed E-state index contributed by atoms with van der Waals surface area (Å²) in [6.07, 6.45) is 3.96. The van der Waals surface area contributed by atoms with Crippen LogP contribution in [-0.4, -0.2) is 6.61 Å². The van der Waals surface area contributed by atoms with Gasteiger partial charge >= 0.3 is 0 Å². The number of rotatable bonds is 5. The van der Waals surface area contributed by atoms with Crippen LogP contribution in [0, 0.1) is 0 Å². The largest absolute Gasteiger partial charge is 0.373 e. The maximum absolute atomic E-state index is 6.04. The first-order chi connectivity index (χ1) is 8.86. The van der Waals surface area contributed by atoms with Crippen LogP contribution in [-0.2, 0) is 11.3 Å². The van der Waals surface area contributed by atoms with Gasteiger partial charge in [0.15, 0.2) is 0 Å². The molecule has 2 aromatic carbocycles. The second-order valence-corrected chi connectivity index (χ2v) is 4.33. The standard InChI is InChI=1S/C16H15ClO/c17-16-11-5-4-9-15(16)10-6-12-18-13-14-7-2-1-3-8-14/h1-11H,12-13H2. The van der Waals surface area contributed by atoms with Gasteiger partial charge in [0.2, 0.25) is 0 Å². The summed E-state index contributed by atoms with van der Waals surface area (Å²) in [5.41, 5.74) is 2.20. The Bertz CT molecular complexity index is 506. The smallest absolute Gasteiger partial charge is 0.0721 e. The normalized spacial score (nSPS) is 10.9. The molecule has 92 valence electrons. The Kier molecular flexibility index (Phi) is 5.00. The quantitative estimate of drug-likeness (QED) is 0.714. The van der Waals surface area contributed by atoms with E-state index in [4.69, 9.17) is 16.3 Å². The van der Waals surface area contributed by atoms with Crippen LogP contribution in [0.4, 0.5) is 0 Å². The van der Waals surface area contributed by atoms with Crippen LogP contribution >= 0.6 is 11.6 Å². The molecule has 0 radical (unpaired) electrons. The molecule has 0 amide bonds. The van der Waals surface area contributed by atoms with Crippen LogP contribution in [0.2, 0.25) is 5.02 Å². The van der Waals surface area contributed by atoms with Gasteiger partial charge < -0.3 is 4.74 Å². The van der Waals surface area contributed by atoms with Crippen LogP contribution < -0.4 is 0 Å². The molecule has 0 unspecified atom stereocenters. The van der Waals surface area contributed by atoms with Crippen LogP contribution in [0.1, 0.15) is 11.1 Å². The first-order valence-corrected chi connectivity index (χ1v) is 6.27. The molecule has 0 saturated carbocycles. The van der Waals surface area contributed by atoms with Crippen molar-refractivity contribution in [1.82, 2.24) is 0 Å². The predicted octanol–water partition coefficient (Wildman–Crippen LogP) is 4.57. The van der Waals surface area contributed by atoms with Gasteiger partial charge in [0.1, 0.15) is 0 Å². The van der Waals surface area contributed by atoms with Crippen molar-refractivity contribution in [3.63, 3.8) is 0 Å². The second-order valence-electron chi connectivity index (χ2n) is 3.92. The average Bonchev–Trinajstić information content (AvgIpc) is 2.42. The maximum Gasteiger partial charge on any atom is 0.0721 e. The summed E-state index contributed by atoms with van der Waals surface area (Å²) in [5.74, 6) is 0. The fourth-order valence-electron chi connectivity index (χ4n) is 1.60. The monoisotopic (exact) mass is 258 g/mol. The van der Waals surface area contributed by atoms with E-state index in [0.717, 1.165) is 10.6 Å². The highest BCUT2D eigenvalue weighted by Gasteiger charge is 1.93. The number of benzene rings is 2. The fraction of sp³-hybridized carbons (Fsp3) is 0.125. The highest BCUT2D eigenvalue weighted by Crippen LogP contribution is 2.16. The third kappa shape index (κ3) is 4.02. The Morgan fingerprint density at radius 2 is 1.67 bits per heavy atom. The van der Waals surface area contributed by atoms with Crippen molar-refractivity contribution in [2.75, 3.05) is 6.61 Å². The highest BCUT2D eigenvalue weighted by molar-refractivity contribution is 6.32. The zero-order chi connectivity index (χ0) is 12.6. The van der Waals surface area contributed by atoms with Gasteiger partial charge in [-0.05, 0) is 17.2 Å². The van der Waals surface area contributed by atoms with Crippen molar-refractivity contribution in [2.24, 2.45) is 0 Å². The number of ether oxygens (including phenoxy) is 1. The Labute approximate surface area is 113 Å². The van der Waals surface area contributed by atoms with Gasteiger partial charge in [-0.1, -0.05) is 72.3 Å². The minimum absolute atomic E-state index is 0.583. The van der Waals surface area contributed by atoms with Crippen LogP contribution in [0.3, 0.4) is 0 Å².